The fourth-order valence-electron chi connectivity index (χ4n) is 2.34. The van der Waals surface area contributed by atoms with E-state index >= 15 is 0 Å². The monoisotopic (exact) mass is 307 g/mol. The van der Waals surface area contributed by atoms with E-state index in [0.717, 1.165) is 17.0 Å². The third-order valence-corrected chi connectivity index (χ3v) is 3.49. The second-order valence-corrected chi connectivity index (χ2v) is 5.01. The summed E-state index contributed by atoms with van der Waals surface area (Å²) in [6.07, 6.45) is 5.27. The second kappa shape index (κ2) is 6.79. The van der Waals surface area contributed by atoms with Crippen LogP contribution in [0.15, 0.2) is 67.1 Å². The summed E-state index contributed by atoms with van der Waals surface area (Å²) in [6, 6.07) is 15.0. The molecule has 2 heterocycles. The number of carbonyl (C=O) groups excluding carboxylic acids is 1. The highest BCUT2D eigenvalue weighted by molar-refractivity contribution is 5.93. The van der Waals surface area contributed by atoms with Crippen LogP contribution >= 0.6 is 0 Å². The van der Waals surface area contributed by atoms with Crippen molar-refractivity contribution in [1.82, 2.24) is 14.9 Å². The van der Waals surface area contributed by atoms with Crippen molar-refractivity contribution >= 4 is 5.91 Å². The molecule has 0 aliphatic heterocycles. The van der Waals surface area contributed by atoms with Crippen LogP contribution in [0.1, 0.15) is 16.1 Å². The summed E-state index contributed by atoms with van der Waals surface area (Å²) < 4.78 is 7.00. The van der Waals surface area contributed by atoms with Gasteiger partial charge in [-0.2, -0.15) is 0 Å². The van der Waals surface area contributed by atoms with Crippen LogP contribution in [0.4, 0.5) is 0 Å². The summed E-state index contributed by atoms with van der Waals surface area (Å²) in [6.45, 7) is 0.439. The Bertz CT molecular complexity index is 797. The summed E-state index contributed by atoms with van der Waals surface area (Å²) in [5, 5.41) is 2.93. The average molecular weight is 307 g/mol. The Morgan fingerprint density at radius 2 is 2.13 bits per heavy atom. The van der Waals surface area contributed by atoms with Gasteiger partial charge < -0.3 is 14.6 Å². The largest absolute Gasteiger partial charge is 0.497 e. The van der Waals surface area contributed by atoms with Gasteiger partial charge in [-0.15, -0.1) is 0 Å². The molecule has 5 heteroatoms. The molecular formula is C18H17N3O2. The molecule has 0 saturated heterocycles. The first-order chi connectivity index (χ1) is 11.3. The van der Waals surface area contributed by atoms with Crippen LogP contribution in [0.5, 0.6) is 5.75 Å². The zero-order valence-corrected chi connectivity index (χ0v) is 12.8. The molecule has 3 aromatic rings. The first kappa shape index (κ1) is 14.8. The van der Waals surface area contributed by atoms with Gasteiger partial charge in [-0.3, -0.25) is 9.78 Å². The molecule has 1 N–H and O–H groups in total. The maximum Gasteiger partial charge on any atom is 0.268 e. The average Bonchev–Trinajstić information content (AvgIpc) is 3.10. The molecule has 116 valence electrons. The van der Waals surface area contributed by atoms with Crippen molar-refractivity contribution in [2.24, 2.45) is 0 Å². The lowest BCUT2D eigenvalue weighted by Crippen LogP contribution is -2.25. The molecule has 1 aromatic carbocycles. The van der Waals surface area contributed by atoms with Crippen molar-refractivity contribution in [3.63, 3.8) is 0 Å². The fraction of sp³-hybridized carbons (Fsp3) is 0.111. The molecule has 2 aromatic heterocycles. The Kier molecular flexibility index (Phi) is 4.38. The van der Waals surface area contributed by atoms with Crippen molar-refractivity contribution in [3.05, 3.63) is 78.4 Å². The van der Waals surface area contributed by atoms with Gasteiger partial charge in [-0.25, -0.2) is 0 Å². The number of ether oxygens (including phenoxy) is 1. The van der Waals surface area contributed by atoms with Gasteiger partial charge >= 0.3 is 0 Å². The summed E-state index contributed by atoms with van der Waals surface area (Å²) >= 11 is 0. The molecule has 5 nitrogen and oxygen atoms in total. The third-order valence-electron chi connectivity index (χ3n) is 3.49. The van der Waals surface area contributed by atoms with Gasteiger partial charge in [0.2, 0.25) is 0 Å². The first-order valence-electron chi connectivity index (χ1n) is 7.27. The number of nitrogens with zero attached hydrogens (tertiary/aromatic N) is 2. The Hall–Kier alpha value is -3.08. The summed E-state index contributed by atoms with van der Waals surface area (Å²) in [7, 11) is 1.62. The lowest BCUT2D eigenvalue weighted by atomic mass is 10.2. The van der Waals surface area contributed by atoms with Crippen LogP contribution in [0.25, 0.3) is 5.69 Å². The molecule has 0 fully saturated rings. The summed E-state index contributed by atoms with van der Waals surface area (Å²) in [5.41, 5.74) is 2.40. The Balaban J connectivity index is 1.73. The van der Waals surface area contributed by atoms with E-state index in [9.17, 15) is 4.79 Å². The van der Waals surface area contributed by atoms with Crippen LogP contribution in [0, 0.1) is 0 Å². The number of methoxy groups -OCH3 is 1. The minimum atomic E-state index is -0.137. The summed E-state index contributed by atoms with van der Waals surface area (Å²) in [4.78, 5) is 16.5. The van der Waals surface area contributed by atoms with Crippen molar-refractivity contribution in [2.45, 2.75) is 6.54 Å². The normalized spacial score (nSPS) is 10.3. The number of hydrogen-bond acceptors (Lipinski definition) is 3. The zero-order chi connectivity index (χ0) is 16.1. The lowest BCUT2D eigenvalue weighted by molar-refractivity contribution is 0.0944. The third kappa shape index (κ3) is 3.40. The van der Waals surface area contributed by atoms with Crippen LogP contribution < -0.4 is 10.1 Å². The summed E-state index contributed by atoms with van der Waals surface area (Å²) in [5.74, 6) is 0.636. The van der Waals surface area contributed by atoms with Crippen molar-refractivity contribution in [1.29, 1.82) is 0 Å². The van der Waals surface area contributed by atoms with Gasteiger partial charge in [0, 0.05) is 18.9 Å². The second-order valence-electron chi connectivity index (χ2n) is 5.01. The Labute approximate surface area is 134 Å². The molecule has 0 unspecified atom stereocenters. The SMILES string of the molecule is COc1cccc(CNC(=O)c2cccn2-c2cccnc2)c1. The number of benzene rings is 1. The zero-order valence-electron chi connectivity index (χ0n) is 12.8. The number of hydrogen-bond donors (Lipinski definition) is 1. The standard InChI is InChI=1S/C18H17N3O2/c1-23-16-7-2-5-14(11-16)12-20-18(22)17-8-4-10-21(17)15-6-3-9-19-13-15/h2-11,13H,12H2,1H3,(H,20,22). The molecule has 0 aliphatic rings. The number of pyridine rings is 1. The number of amides is 1. The maximum absolute atomic E-state index is 12.4. The van der Waals surface area contributed by atoms with E-state index in [1.54, 1.807) is 25.6 Å². The predicted molar refractivity (Wildman–Crippen MR) is 87.7 cm³/mol. The van der Waals surface area contributed by atoms with E-state index in [1.807, 2.05) is 53.2 Å². The minimum absolute atomic E-state index is 0.137. The maximum atomic E-state index is 12.4. The van der Waals surface area contributed by atoms with E-state index in [0.29, 0.717) is 12.2 Å². The quantitative estimate of drug-likeness (QED) is 0.788. The van der Waals surface area contributed by atoms with Crippen molar-refractivity contribution in [2.75, 3.05) is 7.11 Å². The van der Waals surface area contributed by atoms with Crippen LogP contribution in [0.3, 0.4) is 0 Å². The fourth-order valence-corrected chi connectivity index (χ4v) is 2.34. The first-order valence-corrected chi connectivity index (χ1v) is 7.27. The molecule has 1 amide bonds. The minimum Gasteiger partial charge on any atom is -0.497 e. The Morgan fingerprint density at radius 1 is 1.22 bits per heavy atom. The van der Waals surface area contributed by atoms with Gasteiger partial charge in [0.25, 0.3) is 5.91 Å². The van der Waals surface area contributed by atoms with Crippen LogP contribution in [-0.4, -0.2) is 22.6 Å². The van der Waals surface area contributed by atoms with Gasteiger partial charge in [-0.05, 0) is 42.0 Å². The molecule has 0 aliphatic carbocycles. The van der Waals surface area contributed by atoms with E-state index in [2.05, 4.69) is 10.3 Å². The smallest absolute Gasteiger partial charge is 0.268 e. The number of carbonyl (C=O) groups is 1. The number of rotatable bonds is 5. The molecule has 0 spiro atoms. The molecule has 0 bridgehead atoms. The molecule has 0 saturated carbocycles. The van der Waals surface area contributed by atoms with E-state index in [1.165, 1.54) is 0 Å². The highest BCUT2D eigenvalue weighted by Gasteiger charge is 2.11. The van der Waals surface area contributed by atoms with Crippen LogP contribution in [-0.2, 0) is 6.54 Å². The molecule has 0 atom stereocenters. The van der Waals surface area contributed by atoms with Crippen LogP contribution in [0.2, 0.25) is 0 Å². The molecule has 0 radical (unpaired) electrons. The van der Waals surface area contributed by atoms with E-state index in [-0.39, 0.29) is 5.91 Å². The van der Waals surface area contributed by atoms with E-state index in [4.69, 9.17) is 4.74 Å². The topological polar surface area (TPSA) is 56.1 Å². The number of nitrogens with one attached hydrogen (secondary N) is 1. The van der Waals surface area contributed by atoms with Crippen molar-refractivity contribution in [3.8, 4) is 11.4 Å². The van der Waals surface area contributed by atoms with Gasteiger partial charge in [0.15, 0.2) is 0 Å². The molecule has 3 rings (SSSR count). The predicted octanol–water partition coefficient (Wildman–Crippen LogP) is 2.81. The molecule has 23 heavy (non-hydrogen) atoms. The van der Waals surface area contributed by atoms with E-state index < -0.39 is 0 Å². The van der Waals surface area contributed by atoms with Gasteiger partial charge in [-0.1, -0.05) is 12.1 Å². The van der Waals surface area contributed by atoms with Gasteiger partial charge in [0.05, 0.1) is 19.0 Å². The highest BCUT2D eigenvalue weighted by atomic mass is 16.5. The lowest BCUT2D eigenvalue weighted by Gasteiger charge is -2.10. The highest BCUT2D eigenvalue weighted by Crippen LogP contribution is 2.14. The van der Waals surface area contributed by atoms with Crippen molar-refractivity contribution < 1.29 is 9.53 Å². The van der Waals surface area contributed by atoms with Gasteiger partial charge in [0.1, 0.15) is 11.4 Å². The Morgan fingerprint density at radius 3 is 2.91 bits per heavy atom. The molecular weight excluding hydrogens is 290 g/mol. The number of aromatic nitrogens is 2.